The molecule has 4 nitrogen and oxygen atoms in total. The summed E-state index contributed by atoms with van der Waals surface area (Å²) >= 11 is 5.35. The lowest BCUT2D eigenvalue weighted by Gasteiger charge is -2.12. The van der Waals surface area contributed by atoms with Gasteiger partial charge in [-0.2, -0.15) is 0 Å². The molecule has 0 atom stereocenters. The number of anilines is 1. The third-order valence-corrected chi connectivity index (χ3v) is 5.94. The summed E-state index contributed by atoms with van der Waals surface area (Å²) in [6, 6.07) is 12.8. The third kappa shape index (κ3) is 4.15. The molecule has 1 heterocycles. The largest absolute Gasteiger partial charge is 0.487 e. The van der Waals surface area contributed by atoms with Crippen LogP contribution in [0.15, 0.2) is 60.0 Å². The molecule has 1 aliphatic rings. The van der Waals surface area contributed by atoms with Crippen molar-refractivity contribution >= 4 is 79.9 Å². The van der Waals surface area contributed by atoms with Crippen LogP contribution in [0.5, 0.6) is 5.75 Å². The summed E-state index contributed by atoms with van der Waals surface area (Å²) in [5, 5.41) is -0.289. The van der Waals surface area contributed by atoms with Gasteiger partial charge >= 0.3 is 0 Å². The molecule has 1 fully saturated rings. The van der Waals surface area contributed by atoms with Crippen molar-refractivity contribution < 1.29 is 14.3 Å². The number of thioether (sulfide) groups is 1. The number of rotatable bonds is 5. The van der Waals surface area contributed by atoms with Gasteiger partial charge in [0.2, 0.25) is 0 Å². The van der Waals surface area contributed by atoms with E-state index in [1.807, 2.05) is 18.2 Å². The fourth-order valence-corrected chi connectivity index (χ4v) is 5.33. The monoisotopic (exact) mass is 589 g/mol. The molecule has 2 amide bonds. The smallest absolute Gasteiger partial charge is 0.298 e. The molecule has 0 aliphatic carbocycles. The van der Waals surface area contributed by atoms with Crippen LogP contribution in [0, 0.1) is 7.14 Å². The van der Waals surface area contributed by atoms with Gasteiger partial charge in [0.25, 0.3) is 11.1 Å². The summed E-state index contributed by atoms with van der Waals surface area (Å²) in [4.78, 5) is 26.6. The highest BCUT2D eigenvalue weighted by Crippen LogP contribution is 2.37. The second-order valence-corrected chi connectivity index (χ2v) is 8.58. The van der Waals surface area contributed by atoms with Gasteiger partial charge in [-0.3, -0.25) is 9.59 Å². The maximum Gasteiger partial charge on any atom is 0.298 e. The molecule has 132 valence electrons. The van der Waals surface area contributed by atoms with E-state index < -0.39 is 0 Å². The molecule has 0 spiro atoms. The van der Waals surface area contributed by atoms with Crippen LogP contribution < -0.4 is 9.64 Å². The normalized spacial score (nSPS) is 15.6. The van der Waals surface area contributed by atoms with Crippen LogP contribution >= 0.6 is 56.9 Å². The Labute approximate surface area is 183 Å². The Balaban J connectivity index is 1.90. The molecule has 3 rings (SSSR count). The van der Waals surface area contributed by atoms with Gasteiger partial charge in [-0.1, -0.05) is 30.9 Å². The molecule has 26 heavy (non-hydrogen) atoms. The number of amides is 2. The predicted molar refractivity (Wildman–Crippen MR) is 122 cm³/mol. The van der Waals surface area contributed by atoms with E-state index in [1.165, 1.54) is 4.90 Å². The highest BCUT2D eigenvalue weighted by atomic mass is 127. The minimum absolute atomic E-state index is 0.289. The SMILES string of the molecule is C=CCOc1c(I)cc(/C=C2/SC(=O)N(c3ccccc3)C2=O)cc1I. The Bertz CT molecular complexity index is 889. The molecule has 7 heteroatoms. The van der Waals surface area contributed by atoms with E-state index in [0.717, 1.165) is 30.2 Å². The molecule has 0 aromatic heterocycles. The average molecular weight is 589 g/mol. The summed E-state index contributed by atoms with van der Waals surface area (Å²) < 4.78 is 7.54. The zero-order valence-electron chi connectivity index (χ0n) is 13.4. The van der Waals surface area contributed by atoms with Gasteiger partial charge in [0, 0.05) is 0 Å². The summed E-state index contributed by atoms with van der Waals surface area (Å²) in [5.41, 5.74) is 1.43. The van der Waals surface area contributed by atoms with E-state index in [-0.39, 0.29) is 11.1 Å². The van der Waals surface area contributed by atoms with Crippen LogP contribution in [0.25, 0.3) is 6.08 Å². The minimum atomic E-state index is -0.303. The molecule has 2 aromatic rings. The molecule has 1 aliphatic heterocycles. The summed E-state index contributed by atoms with van der Waals surface area (Å²) in [7, 11) is 0. The van der Waals surface area contributed by atoms with Crippen molar-refractivity contribution in [3.05, 3.63) is 72.7 Å². The zero-order chi connectivity index (χ0) is 18.7. The molecule has 0 saturated carbocycles. The van der Waals surface area contributed by atoms with Gasteiger partial charge in [-0.05, 0) is 92.8 Å². The van der Waals surface area contributed by atoms with Gasteiger partial charge in [-0.15, -0.1) is 0 Å². The van der Waals surface area contributed by atoms with Crippen molar-refractivity contribution in [1.29, 1.82) is 0 Å². The summed E-state index contributed by atoms with van der Waals surface area (Å²) in [6.07, 6.45) is 3.44. The molecule has 0 N–H and O–H groups in total. The Kier molecular flexibility index (Phi) is 6.41. The topological polar surface area (TPSA) is 46.6 Å². The maximum absolute atomic E-state index is 12.7. The third-order valence-electron chi connectivity index (χ3n) is 3.47. The molecule has 1 saturated heterocycles. The summed E-state index contributed by atoms with van der Waals surface area (Å²) in [6.45, 7) is 4.08. The highest BCUT2D eigenvalue weighted by Gasteiger charge is 2.36. The number of hydrogen-bond donors (Lipinski definition) is 0. The van der Waals surface area contributed by atoms with Crippen molar-refractivity contribution in [2.45, 2.75) is 0 Å². The Hall–Kier alpha value is -1.33. The van der Waals surface area contributed by atoms with Crippen LogP contribution in [0.4, 0.5) is 10.5 Å². The van der Waals surface area contributed by atoms with Gasteiger partial charge in [0.05, 0.1) is 17.7 Å². The van der Waals surface area contributed by atoms with E-state index in [9.17, 15) is 9.59 Å². The molecule has 2 aromatic carbocycles. The van der Waals surface area contributed by atoms with Crippen molar-refractivity contribution in [3.63, 3.8) is 0 Å². The standard InChI is InChI=1S/C19H13I2NO3S/c1-2-8-25-17-14(20)9-12(10-15(17)21)11-16-18(23)22(19(24)26-16)13-6-4-3-5-7-13/h2-7,9-11H,1,8H2/b16-11+. The quantitative estimate of drug-likeness (QED) is 0.255. The number of benzene rings is 2. The molecular weight excluding hydrogens is 576 g/mol. The zero-order valence-corrected chi connectivity index (χ0v) is 18.6. The Morgan fingerprint density at radius 2 is 1.77 bits per heavy atom. The second kappa shape index (κ2) is 8.57. The number of nitrogens with zero attached hydrogens (tertiary/aromatic N) is 1. The maximum atomic E-state index is 12.7. The lowest BCUT2D eigenvalue weighted by molar-refractivity contribution is -0.113. The lowest BCUT2D eigenvalue weighted by Crippen LogP contribution is -2.27. The van der Waals surface area contributed by atoms with Crippen LogP contribution in [0.2, 0.25) is 0 Å². The van der Waals surface area contributed by atoms with E-state index in [1.54, 1.807) is 36.4 Å². The summed E-state index contributed by atoms with van der Waals surface area (Å²) in [5.74, 6) is 0.490. The van der Waals surface area contributed by atoms with Gasteiger partial charge in [0.1, 0.15) is 12.4 Å². The van der Waals surface area contributed by atoms with Crippen molar-refractivity contribution in [2.24, 2.45) is 0 Å². The minimum Gasteiger partial charge on any atom is -0.487 e. The first kappa shape index (κ1) is 19.4. The number of carbonyl (C=O) groups is 2. The fourth-order valence-electron chi connectivity index (χ4n) is 2.36. The van der Waals surface area contributed by atoms with Crippen LogP contribution in [0.3, 0.4) is 0 Å². The molecule has 0 bridgehead atoms. The molecule has 0 unspecified atom stereocenters. The van der Waals surface area contributed by atoms with Crippen molar-refractivity contribution in [1.82, 2.24) is 0 Å². The van der Waals surface area contributed by atoms with Crippen LogP contribution in [-0.4, -0.2) is 17.8 Å². The van der Waals surface area contributed by atoms with E-state index in [4.69, 9.17) is 4.74 Å². The lowest BCUT2D eigenvalue weighted by atomic mass is 10.2. The first-order valence-corrected chi connectivity index (χ1v) is 10.5. The van der Waals surface area contributed by atoms with Crippen LogP contribution in [0.1, 0.15) is 5.56 Å². The molecule has 0 radical (unpaired) electrons. The fraction of sp³-hybridized carbons (Fsp3) is 0.0526. The highest BCUT2D eigenvalue weighted by molar-refractivity contribution is 14.1. The number of carbonyl (C=O) groups excluding carboxylic acids is 2. The predicted octanol–water partition coefficient (Wildman–Crippen LogP) is 5.70. The number of para-hydroxylation sites is 1. The van der Waals surface area contributed by atoms with Gasteiger partial charge < -0.3 is 4.74 Å². The van der Waals surface area contributed by atoms with Crippen LogP contribution in [-0.2, 0) is 4.79 Å². The van der Waals surface area contributed by atoms with Crippen molar-refractivity contribution in [2.75, 3.05) is 11.5 Å². The van der Waals surface area contributed by atoms with E-state index in [2.05, 4.69) is 51.8 Å². The average Bonchev–Trinajstić information content (AvgIpc) is 2.88. The van der Waals surface area contributed by atoms with Gasteiger partial charge in [-0.25, -0.2) is 4.90 Å². The first-order valence-electron chi connectivity index (χ1n) is 7.57. The van der Waals surface area contributed by atoms with E-state index >= 15 is 0 Å². The van der Waals surface area contributed by atoms with E-state index in [0.29, 0.717) is 17.2 Å². The number of halogens is 2. The Morgan fingerprint density at radius 3 is 2.38 bits per heavy atom. The van der Waals surface area contributed by atoms with Gasteiger partial charge in [0.15, 0.2) is 0 Å². The molecular formula is C19H13I2NO3S. The van der Waals surface area contributed by atoms with Crippen molar-refractivity contribution in [3.8, 4) is 5.75 Å². The second-order valence-electron chi connectivity index (χ2n) is 5.27. The first-order chi connectivity index (χ1) is 12.5. The number of hydrogen-bond acceptors (Lipinski definition) is 4. The number of imide groups is 1. The Morgan fingerprint density at radius 1 is 1.12 bits per heavy atom. The number of ether oxygens (including phenoxy) is 1.